The van der Waals surface area contributed by atoms with E-state index < -0.39 is 11.2 Å². The monoisotopic (exact) mass is 340 g/mol. The summed E-state index contributed by atoms with van der Waals surface area (Å²) >= 11 is 0. The number of nitrogens with zero attached hydrogens (tertiary/aromatic N) is 2. The number of hydrogen-bond acceptors (Lipinski definition) is 4. The third-order valence-corrected chi connectivity index (χ3v) is 5.18. The number of likely N-dealkylation sites (tertiary alicyclic amines) is 1. The van der Waals surface area contributed by atoms with Crippen LogP contribution in [0.2, 0.25) is 0 Å². The Kier molecular flexibility index (Phi) is 6.54. The molecule has 0 bridgehead atoms. The third kappa shape index (κ3) is 5.62. The molecule has 0 atom stereocenters. The van der Waals surface area contributed by atoms with Crippen LogP contribution < -0.4 is 0 Å². The molecule has 2 aliphatic rings. The fourth-order valence-electron chi connectivity index (χ4n) is 3.99. The van der Waals surface area contributed by atoms with Gasteiger partial charge in [-0.3, -0.25) is 4.90 Å². The normalized spacial score (nSPS) is 22.2. The molecule has 1 N–H and O–H groups in total. The van der Waals surface area contributed by atoms with E-state index in [4.69, 9.17) is 4.74 Å². The lowest BCUT2D eigenvalue weighted by Gasteiger charge is -2.41. The highest BCUT2D eigenvalue weighted by atomic mass is 16.6. The van der Waals surface area contributed by atoms with Crippen LogP contribution in [-0.4, -0.2) is 64.4 Å². The standard InChI is InChI=1S/C19H36N2O3/c1-5-12-21(15-19(23)10-6-7-11-19)16-8-13-20(14-9-16)17(22)24-18(2,3)4/h16,23H,5-15H2,1-4H3. The minimum absolute atomic E-state index is 0.197. The summed E-state index contributed by atoms with van der Waals surface area (Å²) in [6.07, 6.45) is 7.00. The van der Waals surface area contributed by atoms with Crippen molar-refractivity contribution in [2.45, 2.75) is 89.9 Å². The zero-order valence-electron chi connectivity index (χ0n) is 16.0. The molecule has 140 valence electrons. The quantitative estimate of drug-likeness (QED) is 0.833. The molecule has 1 saturated heterocycles. The molecule has 0 spiro atoms. The van der Waals surface area contributed by atoms with Crippen LogP contribution in [0, 0.1) is 0 Å². The smallest absolute Gasteiger partial charge is 0.410 e. The van der Waals surface area contributed by atoms with Gasteiger partial charge in [0, 0.05) is 25.7 Å². The van der Waals surface area contributed by atoms with Gasteiger partial charge in [0.1, 0.15) is 5.60 Å². The summed E-state index contributed by atoms with van der Waals surface area (Å²) in [5, 5.41) is 10.8. The maximum atomic E-state index is 12.2. The van der Waals surface area contributed by atoms with Crippen LogP contribution >= 0.6 is 0 Å². The number of rotatable bonds is 5. The summed E-state index contributed by atoms with van der Waals surface area (Å²) in [5.74, 6) is 0. The van der Waals surface area contributed by atoms with Crippen molar-refractivity contribution in [3.05, 3.63) is 0 Å². The van der Waals surface area contributed by atoms with Crippen molar-refractivity contribution < 1.29 is 14.6 Å². The number of piperidine rings is 1. The van der Waals surface area contributed by atoms with Gasteiger partial charge in [-0.1, -0.05) is 19.8 Å². The first-order chi connectivity index (χ1) is 11.2. The van der Waals surface area contributed by atoms with Crippen LogP contribution in [0.4, 0.5) is 4.79 Å². The molecule has 5 heteroatoms. The van der Waals surface area contributed by atoms with Crippen molar-refractivity contribution in [1.82, 2.24) is 9.80 Å². The first kappa shape index (κ1) is 19.5. The van der Waals surface area contributed by atoms with E-state index in [1.807, 2.05) is 25.7 Å². The van der Waals surface area contributed by atoms with Crippen molar-refractivity contribution in [2.75, 3.05) is 26.2 Å². The Bertz CT molecular complexity index is 405. The lowest BCUT2D eigenvalue weighted by atomic mass is 9.97. The average molecular weight is 341 g/mol. The molecule has 1 saturated carbocycles. The fraction of sp³-hybridized carbons (Fsp3) is 0.947. The topological polar surface area (TPSA) is 53.0 Å². The maximum absolute atomic E-state index is 12.2. The van der Waals surface area contributed by atoms with Gasteiger partial charge in [-0.05, 0) is 59.4 Å². The predicted molar refractivity (Wildman–Crippen MR) is 96.1 cm³/mol. The molecule has 0 radical (unpaired) electrons. The van der Waals surface area contributed by atoms with Gasteiger partial charge >= 0.3 is 6.09 Å². The van der Waals surface area contributed by atoms with Gasteiger partial charge in [-0.15, -0.1) is 0 Å². The van der Waals surface area contributed by atoms with E-state index in [1.165, 1.54) is 0 Å². The Morgan fingerprint density at radius 1 is 1.25 bits per heavy atom. The lowest BCUT2D eigenvalue weighted by molar-refractivity contribution is -0.0184. The molecule has 0 aromatic rings. The highest BCUT2D eigenvalue weighted by Crippen LogP contribution is 2.32. The van der Waals surface area contributed by atoms with E-state index in [1.54, 1.807) is 0 Å². The zero-order valence-corrected chi connectivity index (χ0v) is 16.0. The number of hydrogen-bond donors (Lipinski definition) is 1. The maximum Gasteiger partial charge on any atom is 0.410 e. The van der Waals surface area contributed by atoms with Crippen LogP contribution in [0.3, 0.4) is 0 Å². The Morgan fingerprint density at radius 2 is 1.83 bits per heavy atom. The van der Waals surface area contributed by atoms with Crippen molar-refractivity contribution in [3.8, 4) is 0 Å². The Labute approximate surface area is 147 Å². The second kappa shape index (κ2) is 8.05. The van der Waals surface area contributed by atoms with Gasteiger partial charge in [-0.2, -0.15) is 0 Å². The van der Waals surface area contributed by atoms with E-state index in [-0.39, 0.29) is 6.09 Å². The summed E-state index contributed by atoms with van der Waals surface area (Å²) in [5.41, 5.74) is -0.925. The van der Waals surface area contributed by atoms with Crippen LogP contribution in [0.1, 0.15) is 72.6 Å². The van der Waals surface area contributed by atoms with Crippen LogP contribution in [-0.2, 0) is 4.74 Å². The minimum atomic E-state index is -0.489. The van der Waals surface area contributed by atoms with E-state index in [0.717, 1.165) is 71.1 Å². The van der Waals surface area contributed by atoms with Gasteiger partial charge < -0.3 is 14.7 Å². The van der Waals surface area contributed by atoms with E-state index in [2.05, 4.69) is 11.8 Å². The predicted octanol–water partition coefficient (Wildman–Crippen LogP) is 3.40. The number of carbonyl (C=O) groups excluding carboxylic acids is 1. The van der Waals surface area contributed by atoms with Crippen molar-refractivity contribution >= 4 is 6.09 Å². The molecule has 2 fully saturated rings. The molecular formula is C19H36N2O3. The Balaban J connectivity index is 1.87. The lowest BCUT2D eigenvalue weighted by Crippen LogP contribution is -2.51. The van der Waals surface area contributed by atoms with Gasteiger partial charge in [0.2, 0.25) is 0 Å². The van der Waals surface area contributed by atoms with Crippen LogP contribution in [0.5, 0.6) is 0 Å². The molecule has 0 unspecified atom stereocenters. The molecule has 1 amide bonds. The highest BCUT2D eigenvalue weighted by Gasteiger charge is 2.36. The number of amides is 1. The number of carbonyl (C=O) groups is 1. The largest absolute Gasteiger partial charge is 0.444 e. The fourth-order valence-corrected chi connectivity index (χ4v) is 3.99. The van der Waals surface area contributed by atoms with Gasteiger partial charge in [0.15, 0.2) is 0 Å². The molecule has 1 heterocycles. The second-order valence-corrected chi connectivity index (χ2v) is 8.60. The summed E-state index contributed by atoms with van der Waals surface area (Å²) in [4.78, 5) is 16.5. The number of ether oxygens (including phenoxy) is 1. The van der Waals surface area contributed by atoms with Crippen molar-refractivity contribution in [2.24, 2.45) is 0 Å². The van der Waals surface area contributed by atoms with Crippen molar-refractivity contribution in [1.29, 1.82) is 0 Å². The van der Waals surface area contributed by atoms with Crippen molar-refractivity contribution in [3.63, 3.8) is 0 Å². The molecule has 0 aromatic carbocycles. The Morgan fingerprint density at radius 3 is 2.33 bits per heavy atom. The average Bonchev–Trinajstić information content (AvgIpc) is 2.92. The Hall–Kier alpha value is -0.810. The zero-order chi connectivity index (χ0) is 17.8. The molecular weight excluding hydrogens is 304 g/mol. The molecule has 0 aromatic heterocycles. The van der Waals surface area contributed by atoms with Gasteiger partial charge in [0.05, 0.1) is 5.60 Å². The van der Waals surface area contributed by atoms with E-state index in [9.17, 15) is 9.90 Å². The molecule has 1 aliphatic carbocycles. The minimum Gasteiger partial charge on any atom is -0.444 e. The van der Waals surface area contributed by atoms with Crippen LogP contribution in [0.15, 0.2) is 0 Å². The molecule has 2 rings (SSSR count). The highest BCUT2D eigenvalue weighted by molar-refractivity contribution is 5.68. The van der Waals surface area contributed by atoms with E-state index in [0.29, 0.717) is 6.04 Å². The second-order valence-electron chi connectivity index (χ2n) is 8.60. The first-order valence-electron chi connectivity index (χ1n) is 9.67. The summed E-state index contributed by atoms with van der Waals surface area (Å²) < 4.78 is 5.48. The molecule has 1 aliphatic heterocycles. The SMILES string of the molecule is CCCN(CC1(O)CCCC1)C1CCN(C(=O)OC(C)(C)C)CC1. The molecule has 24 heavy (non-hydrogen) atoms. The summed E-state index contributed by atoms with van der Waals surface area (Å²) in [6.45, 7) is 11.2. The first-order valence-corrected chi connectivity index (χ1v) is 9.67. The van der Waals surface area contributed by atoms with E-state index >= 15 is 0 Å². The third-order valence-electron chi connectivity index (χ3n) is 5.18. The summed E-state index contributed by atoms with van der Waals surface area (Å²) in [7, 11) is 0. The summed E-state index contributed by atoms with van der Waals surface area (Å²) in [6, 6.07) is 0.466. The number of aliphatic hydroxyl groups is 1. The van der Waals surface area contributed by atoms with Gasteiger partial charge in [-0.25, -0.2) is 4.79 Å². The van der Waals surface area contributed by atoms with Gasteiger partial charge in [0.25, 0.3) is 0 Å². The molecule has 5 nitrogen and oxygen atoms in total. The van der Waals surface area contributed by atoms with Crippen LogP contribution in [0.25, 0.3) is 0 Å².